The average molecular weight is 232 g/mol. The molecule has 1 unspecified atom stereocenters. The van der Waals surface area contributed by atoms with E-state index in [0.717, 1.165) is 30.6 Å². The summed E-state index contributed by atoms with van der Waals surface area (Å²) < 4.78 is 0. The topological polar surface area (TPSA) is 46.3 Å². The van der Waals surface area contributed by atoms with Gasteiger partial charge < -0.3 is 10.6 Å². The van der Waals surface area contributed by atoms with Gasteiger partial charge in [-0.1, -0.05) is 19.1 Å². The summed E-state index contributed by atoms with van der Waals surface area (Å²) in [6, 6.07) is 7.62. The molecule has 2 N–H and O–H groups in total. The van der Waals surface area contributed by atoms with Crippen molar-refractivity contribution in [3.8, 4) is 0 Å². The van der Waals surface area contributed by atoms with Crippen molar-refractivity contribution in [3.05, 3.63) is 35.4 Å². The molecule has 1 fully saturated rings. The number of benzene rings is 1. The number of likely N-dealkylation sites (tertiary alicyclic amines) is 1. The second kappa shape index (κ2) is 5.32. The van der Waals surface area contributed by atoms with Gasteiger partial charge in [0.1, 0.15) is 0 Å². The van der Waals surface area contributed by atoms with Crippen LogP contribution in [0.2, 0.25) is 0 Å². The van der Waals surface area contributed by atoms with Gasteiger partial charge in [-0.15, -0.1) is 0 Å². The molecular weight excluding hydrogens is 212 g/mol. The Hall–Kier alpha value is -1.35. The summed E-state index contributed by atoms with van der Waals surface area (Å²) >= 11 is 0. The van der Waals surface area contributed by atoms with Crippen molar-refractivity contribution in [3.63, 3.8) is 0 Å². The number of carbonyl (C=O) groups excluding carboxylic acids is 1. The van der Waals surface area contributed by atoms with Crippen molar-refractivity contribution in [1.29, 1.82) is 0 Å². The first-order chi connectivity index (χ1) is 8.20. The first-order valence-corrected chi connectivity index (χ1v) is 6.29. The van der Waals surface area contributed by atoms with E-state index in [1.165, 1.54) is 6.42 Å². The molecule has 1 aliphatic heterocycles. The van der Waals surface area contributed by atoms with E-state index in [0.29, 0.717) is 12.5 Å². The van der Waals surface area contributed by atoms with E-state index in [9.17, 15) is 4.79 Å². The first kappa shape index (κ1) is 12.1. The van der Waals surface area contributed by atoms with Gasteiger partial charge in [0, 0.05) is 25.2 Å². The summed E-state index contributed by atoms with van der Waals surface area (Å²) in [6.45, 7) is 4.51. The zero-order valence-electron chi connectivity index (χ0n) is 10.4. The third-order valence-corrected chi connectivity index (χ3v) is 3.38. The van der Waals surface area contributed by atoms with E-state index < -0.39 is 0 Å². The molecule has 3 nitrogen and oxygen atoms in total. The highest BCUT2D eigenvalue weighted by Gasteiger charge is 2.21. The lowest BCUT2D eigenvalue weighted by Gasteiger charge is -2.31. The number of rotatable bonds is 2. The highest BCUT2D eigenvalue weighted by atomic mass is 16.2. The van der Waals surface area contributed by atoms with Gasteiger partial charge in [-0.05, 0) is 36.5 Å². The van der Waals surface area contributed by atoms with E-state index in [1.807, 2.05) is 29.2 Å². The molecule has 1 saturated heterocycles. The van der Waals surface area contributed by atoms with Crippen molar-refractivity contribution in [2.75, 3.05) is 13.1 Å². The monoisotopic (exact) mass is 232 g/mol. The Morgan fingerprint density at radius 1 is 1.41 bits per heavy atom. The molecule has 2 rings (SSSR count). The molecule has 0 aliphatic carbocycles. The van der Waals surface area contributed by atoms with Crippen LogP contribution >= 0.6 is 0 Å². The number of hydrogen-bond donors (Lipinski definition) is 1. The van der Waals surface area contributed by atoms with Crippen LogP contribution < -0.4 is 5.73 Å². The lowest BCUT2D eigenvalue weighted by molar-refractivity contribution is 0.0683. The molecule has 0 spiro atoms. The number of nitrogens with zero attached hydrogens (tertiary/aromatic N) is 1. The maximum absolute atomic E-state index is 12.2. The second-order valence-electron chi connectivity index (χ2n) is 4.90. The summed E-state index contributed by atoms with van der Waals surface area (Å²) in [7, 11) is 0. The third-order valence-electron chi connectivity index (χ3n) is 3.38. The summed E-state index contributed by atoms with van der Waals surface area (Å²) in [5, 5.41) is 0. The molecule has 1 heterocycles. The van der Waals surface area contributed by atoms with Gasteiger partial charge >= 0.3 is 0 Å². The van der Waals surface area contributed by atoms with Crippen LogP contribution in [0.5, 0.6) is 0 Å². The molecule has 0 aromatic heterocycles. The smallest absolute Gasteiger partial charge is 0.253 e. The maximum Gasteiger partial charge on any atom is 0.253 e. The fourth-order valence-electron chi connectivity index (χ4n) is 2.34. The molecule has 0 radical (unpaired) electrons. The van der Waals surface area contributed by atoms with Crippen LogP contribution in [0.4, 0.5) is 0 Å². The van der Waals surface area contributed by atoms with Crippen molar-refractivity contribution in [2.24, 2.45) is 11.7 Å². The van der Waals surface area contributed by atoms with Gasteiger partial charge in [-0.25, -0.2) is 0 Å². The average Bonchev–Trinajstić information content (AvgIpc) is 2.38. The third kappa shape index (κ3) is 2.86. The Labute approximate surface area is 103 Å². The van der Waals surface area contributed by atoms with Crippen LogP contribution in [-0.4, -0.2) is 23.9 Å². The van der Waals surface area contributed by atoms with Gasteiger partial charge in [0.15, 0.2) is 0 Å². The second-order valence-corrected chi connectivity index (χ2v) is 4.90. The molecular formula is C14H20N2O. The highest BCUT2D eigenvalue weighted by molar-refractivity contribution is 5.94. The van der Waals surface area contributed by atoms with Crippen LogP contribution in [0.1, 0.15) is 35.7 Å². The number of piperidine rings is 1. The SMILES string of the molecule is CC1CCCN(C(=O)c2ccc(CN)cc2)C1. The first-order valence-electron chi connectivity index (χ1n) is 6.29. The Morgan fingerprint density at radius 3 is 2.71 bits per heavy atom. The fourth-order valence-corrected chi connectivity index (χ4v) is 2.34. The van der Waals surface area contributed by atoms with Crippen LogP contribution in [0, 0.1) is 5.92 Å². The lowest BCUT2D eigenvalue weighted by Crippen LogP contribution is -2.39. The zero-order valence-corrected chi connectivity index (χ0v) is 10.4. The molecule has 17 heavy (non-hydrogen) atoms. The summed E-state index contributed by atoms with van der Waals surface area (Å²) in [5.41, 5.74) is 7.38. The summed E-state index contributed by atoms with van der Waals surface area (Å²) in [6.07, 6.45) is 2.35. The van der Waals surface area contributed by atoms with Crippen LogP contribution in [-0.2, 0) is 6.54 Å². The standard InChI is InChI=1S/C14H20N2O/c1-11-3-2-8-16(10-11)14(17)13-6-4-12(9-15)5-7-13/h4-7,11H,2-3,8-10,15H2,1H3. The Morgan fingerprint density at radius 2 is 2.12 bits per heavy atom. The normalized spacial score (nSPS) is 20.4. The predicted molar refractivity (Wildman–Crippen MR) is 68.6 cm³/mol. The van der Waals surface area contributed by atoms with E-state index >= 15 is 0 Å². The van der Waals surface area contributed by atoms with Gasteiger partial charge in [0.05, 0.1) is 0 Å². The largest absolute Gasteiger partial charge is 0.338 e. The molecule has 1 atom stereocenters. The van der Waals surface area contributed by atoms with E-state index in [2.05, 4.69) is 6.92 Å². The Bertz CT molecular complexity index is 386. The minimum Gasteiger partial charge on any atom is -0.338 e. The minimum atomic E-state index is 0.153. The van der Waals surface area contributed by atoms with Crippen molar-refractivity contribution in [2.45, 2.75) is 26.3 Å². The predicted octanol–water partition coefficient (Wildman–Crippen LogP) is 2.02. The highest BCUT2D eigenvalue weighted by Crippen LogP contribution is 2.18. The summed E-state index contributed by atoms with van der Waals surface area (Å²) in [5.74, 6) is 0.774. The Kier molecular flexibility index (Phi) is 3.79. The minimum absolute atomic E-state index is 0.153. The molecule has 1 aliphatic rings. The van der Waals surface area contributed by atoms with Gasteiger partial charge in [-0.3, -0.25) is 4.79 Å². The van der Waals surface area contributed by atoms with Crippen molar-refractivity contribution < 1.29 is 4.79 Å². The summed E-state index contributed by atoms with van der Waals surface area (Å²) in [4.78, 5) is 14.2. The van der Waals surface area contributed by atoms with Gasteiger partial charge in [-0.2, -0.15) is 0 Å². The molecule has 0 bridgehead atoms. The molecule has 1 aromatic rings. The van der Waals surface area contributed by atoms with Crippen LogP contribution in [0.3, 0.4) is 0 Å². The maximum atomic E-state index is 12.2. The molecule has 92 valence electrons. The van der Waals surface area contributed by atoms with Gasteiger partial charge in [0.2, 0.25) is 0 Å². The number of hydrogen-bond acceptors (Lipinski definition) is 2. The number of amides is 1. The van der Waals surface area contributed by atoms with Crippen molar-refractivity contribution in [1.82, 2.24) is 4.90 Å². The van der Waals surface area contributed by atoms with Gasteiger partial charge in [0.25, 0.3) is 5.91 Å². The van der Waals surface area contributed by atoms with E-state index in [1.54, 1.807) is 0 Å². The molecule has 3 heteroatoms. The molecule has 1 aromatic carbocycles. The molecule has 1 amide bonds. The lowest BCUT2D eigenvalue weighted by atomic mass is 9.99. The zero-order chi connectivity index (χ0) is 12.3. The molecule has 0 saturated carbocycles. The van der Waals surface area contributed by atoms with E-state index in [4.69, 9.17) is 5.73 Å². The quantitative estimate of drug-likeness (QED) is 0.848. The van der Waals surface area contributed by atoms with Crippen molar-refractivity contribution >= 4 is 5.91 Å². The van der Waals surface area contributed by atoms with Crippen LogP contribution in [0.25, 0.3) is 0 Å². The fraction of sp³-hybridized carbons (Fsp3) is 0.500. The van der Waals surface area contributed by atoms with E-state index in [-0.39, 0.29) is 5.91 Å². The van der Waals surface area contributed by atoms with Crippen LogP contribution in [0.15, 0.2) is 24.3 Å². The number of nitrogens with two attached hydrogens (primary N) is 1. The Balaban J connectivity index is 2.07. The number of carbonyl (C=O) groups is 1.